The van der Waals surface area contributed by atoms with E-state index >= 15 is 0 Å². The van der Waals surface area contributed by atoms with Gasteiger partial charge in [-0.1, -0.05) is 0 Å². The van der Waals surface area contributed by atoms with Gasteiger partial charge in [-0.25, -0.2) is 14.4 Å². The maximum Gasteiger partial charge on any atom is 0.204 e. The van der Waals surface area contributed by atoms with Gasteiger partial charge in [-0.05, 0) is 41.1 Å². The van der Waals surface area contributed by atoms with Crippen molar-refractivity contribution in [3.05, 3.63) is 34.8 Å². The summed E-state index contributed by atoms with van der Waals surface area (Å²) in [4.78, 5) is 8.26. The van der Waals surface area contributed by atoms with Crippen molar-refractivity contribution in [2.75, 3.05) is 24.3 Å². The third kappa shape index (κ3) is 3.16. The third-order valence-electron chi connectivity index (χ3n) is 2.53. The molecule has 0 fully saturated rings. The van der Waals surface area contributed by atoms with E-state index in [1.54, 1.807) is 19.2 Å². The third-order valence-corrected chi connectivity index (χ3v) is 3.14. The van der Waals surface area contributed by atoms with Gasteiger partial charge in [0, 0.05) is 12.2 Å². The molecular weight excluding hydrogens is 327 g/mol. The molecule has 2 N–H and O–H groups in total. The van der Waals surface area contributed by atoms with Crippen molar-refractivity contribution >= 4 is 33.3 Å². The molecule has 0 unspecified atom stereocenters. The number of hydrogen-bond donors (Lipinski definition) is 2. The van der Waals surface area contributed by atoms with Gasteiger partial charge in [-0.15, -0.1) is 0 Å². The Morgan fingerprint density at radius 3 is 2.70 bits per heavy atom. The highest BCUT2D eigenvalue weighted by Gasteiger charge is 2.12. The second-order valence-corrected chi connectivity index (χ2v) is 4.74. The molecule has 0 atom stereocenters. The minimum Gasteiger partial charge on any atom is -0.490 e. The molecule has 5 nitrogen and oxygen atoms in total. The van der Waals surface area contributed by atoms with E-state index in [2.05, 4.69) is 36.5 Å². The molecule has 0 bridgehead atoms. The molecule has 0 saturated heterocycles. The van der Waals surface area contributed by atoms with Crippen LogP contribution in [0.2, 0.25) is 0 Å². The number of benzene rings is 1. The first-order valence-electron chi connectivity index (χ1n) is 6.00. The van der Waals surface area contributed by atoms with Crippen LogP contribution in [0.5, 0.6) is 5.75 Å². The Morgan fingerprint density at radius 2 is 2.05 bits per heavy atom. The zero-order valence-electron chi connectivity index (χ0n) is 11.1. The van der Waals surface area contributed by atoms with Crippen LogP contribution in [0.15, 0.2) is 29.0 Å². The summed E-state index contributed by atoms with van der Waals surface area (Å²) in [5, 5.41) is 6.17. The Morgan fingerprint density at radius 1 is 1.30 bits per heavy atom. The van der Waals surface area contributed by atoms with Crippen LogP contribution >= 0.6 is 15.9 Å². The van der Waals surface area contributed by atoms with E-state index in [0.29, 0.717) is 27.5 Å². The number of rotatable bonds is 5. The van der Waals surface area contributed by atoms with E-state index in [0.717, 1.165) is 6.54 Å². The number of nitrogens with one attached hydrogen (secondary N) is 2. The van der Waals surface area contributed by atoms with Gasteiger partial charge in [0.05, 0.1) is 11.6 Å². The predicted octanol–water partition coefficient (Wildman–Crippen LogP) is 3.56. The Balaban J connectivity index is 2.32. The summed E-state index contributed by atoms with van der Waals surface area (Å²) in [5.41, 5.74) is 0.692. The first-order chi connectivity index (χ1) is 9.65. The first kappa shape index (κ1) is 14.5. The number of nitrogens with zero attached hydrogens (tertiary/aromatic N) is 2. The minimum atomic E-state index is -0.321. The van der Waals surface area contributed by atoms with Crippen LogP contribution < -0.4 is 15.4 Å². The minimum absolute atomic E-state index is 0.321. The number of anilines is 3. The van der Waals surface area contributed by atoms with Gasteiger partial charge in [0.2, 0.25) is 5.75 Å². The lowest BCUT2D eigenvalue weighted by Gasteiger charge is -2.13. The second kappa shape index (κ2) is 6.51. The Kier molecular flexibility index (Phi) is 4.73. The fraction of sp³-hybridized carbons (Fsp3) is 0.231. The van der Waals surface area contributed by atoms with E-state index in [-0.39, 0.29) is 5.82 Å². The SMILES string of the molecule is CCNc1ncnc(Nc2ccc(F)c(Br)c2)c1OC. The molecule has 106 valence electrons. The molecule has 0 aliphatic heterocycles. The zero-order chi connectivity index (χ0) is 14.5. The van der Waals surface area contributed by atoms with Crippen molar-refractivity contribution in [3.8, 4) is 5.75 Å². The zero-order valence-corrected chi connectivity index (χ0v) is 12.7. The molecule has 2 aromatic rings. The molecule has 0 aliphatic rings. The van der Waals surface area contributed by atoms with Crippen LogP contribution in [-0.2, 0) is 0 Å². The highest BCUT2D eigenvalue weighted by Crippen LogP contribution is 2.32. The standard InChI is InChI=1S/C13H14BrFN4O/c1-3-16-12-11(20-2)13(18-7-17-12)19-8-4-5-10(15)9(14)6-8/h4-7H,3H2,1-2H3,(H2,16,17,18,19). The van der Waals surface area contributed by atoms with Crippen molar-refractivity contribution in [1.82, 2.24) is 9.97 Å². The molecule has 7 heteroatoms. The average Bonchev–Trinajstić information content (AvgIpc) is 2.44. The maximum atomic E-state index is 13.2. The van der Waals surface area contributed by atoms with Gasteiger partial charge >= 0.3 is 0 Å². The lowest BCUT2D eigenvalue weighted by Crippen LogP contribution is -2.05. The van der Waals surface area contributed by atoms with Crippen molar-refractivity contribution < 1.29 is 9.13 Å². The summed E-state index contributed by atoms with van der Waals surface area (Å²) in [6.07, 6.45) is 1.43. The topological polar surface area (TPSA) is 59.1 Å². The summed E-state index contributed by atoms with van der Waals surface area (Å²) in [5.74, 6) is 1.30. The number of aromatic nitrogens is 2. The normalized spacial score (nSPS) is 10.2. The molecule has 1 aromatic heterocycles. The quantitative estimate of drug-likeness (QED) is 0.871. The molecule has 0 radical (unpaired) electrons. The monoisotopic (exact) mass is 340 g/mol. The van der Waals surface area contributed by atoms with E-state index in [9.17, 15) is 4.39 Å². The Bertz CT molecular complexity index is 609. The highest BCUT2D eigenvalue weighted by molar-refractivity contribution is 9.10. The van der Waals surface area contributed by atoms with Crippen LogP contribution in [0.4, 0.5) is 21.7 Å². The summed E-state index contributed by atoms with van der Waals surface area (Å²) < 4.78 is 18.9. The lowest BCUT2D eigenvalue weighted by molar-refractivity contribution is 0.415. The van der Waals surface area contributed by atoms with Crippen LogP contribution in [0.3, 0.4) is 0 Å². The van der Waals surface area contributed by atoms with Crippen LogP contribution in [0.25, 0.3) is 0 Å². The lowest BCUT2D eigenvalue weighted by atomic mass is 10.3. The second-order valence-electron chi connectivity index (χ2n) is 3.89. The van der Waals surface area contributed by atoms with E-state index in [1.165, 1.54) is 12.4 Å². The molecule has 20 heavy (non-hydrogen) atoms. The van der Waals surface area contributed by atoms with E-state index in [4.69, 9.17) is 4.74 Å². The molecular formula is C13H14BrFN4O. The molecule has 0 spiro atoms. The maximum absolute atomic E-state index is 13.2. The predicted molar refractivity (Wildman–Crippen MR) is 80.1 cm³/mol. The molecule has 0 aliphatic carbocycles. The smallest absolute Gasteiger partial charge is 0.204 e. The van der Waals surface area contributed by atoms with Gasteiger partial charge in [-0.2, -0.15) is 0 Å². The van der Waals surface area contributed by atoms with Gasteiger partial charge in [0.25, 0.3) is 0 Å². The van der Waals surface area contributed by atoms with Crippen molar-refractivity contribution in [2.24, 2.45) is 0 Å². The fourth-order valence-corrected chi connectivity index (χ4v) is 2.04. The fourth-order valence-electron chi connectivity index (χ4n) is 1.66. The molecule has 1 heterocycles. The number of methoxy groups -OCH3 is 1. The van der Waals surface area contributed by atoms with Gasteiger partial charge in [-0.3, -0.25) is 0 Å². The van der Waals surface area contributed by atoms with Crippen molar-refractivity contribution in [3.63, 3.8) is 0 Å². The van der Waals surface area contributed by atoms with Crippen LogP contribution in [-0.4, -0.2) is 23.6 Å². The summed E-state index contributed by atoms with van der Waals surface area (Å²) in [6.45, 7) is 2.68. The summed E-state index contributed by atoms with van der Waals surface area (Å²) in [6, 6.07) is 4.61. The summed E-state index contributed by atoms with van der Waals surface area (Å²) >= 11 is 3.14. The molecule has 0 saturated carbocycles. The Labute approximate surface area is 124 Å². The van der Waals surface area contributed by atoms with Crippen LogP contribution in [0, 0.1) is 5.82 Å². The van der Waals surface area contributed by atoms with Gasteiger partial charge in [0.15, 0.2) is 11.6 Å². The van der Waals surface area contributed by atoms with E-state index < -0.39 is 0 Å². The first-order valence-corrected chi connectivity index (χ1v) is 6.80. The van der Waals surface area contributed by atoms with Gasteiger partial charge < -0.3 is 15.4 Å². The highest BCUT2D eigenvalue weighted by atomic mass is 79.9. The number of hydrogen-bond acceptors (Lipinski definition) is 5. The Hall–Kier alpha value is -1.89. The summed E-state index contributed by atoms with van der Waals surface area (Å²) in [7, 11) is 1.55. The number of ether oxygens (including phenoxy) is 1. The van der Waals surface area contributed by atoms with Gasteiger partial charge in [0.1, 0.15) is 12.1 Å². The molecule has 2 rings (SSSR count). The average molecular weight is 341 g/mol. The van der Waals surface area contributed by atoms with Crippen molar-refractivity contribution in [1.29, 1.82) is 0 Å². The van der Waals surface area contributed by atoms with Crippen molar-refractivity contribution in [2.45, 2.75) is 6.92 Å². The molecule has 0 amide bonds. The molecule has 1 aromatic carbocycles. The largest absolute Gasteiger partial charge is 0.490 e. The van der Waals surface area contributed by atoms with E-state index in [1.807, 2.05) is 6.92 Å². The van der Waals surface area contributed by atoms with Crippen LogP contribution in [0.1, 0.15) is 6.92 Å². The number of halogens is 2.